The predicted molar refractivity (Wildman–Crippen MR) is 78.1 cm³/mol. The number of piperidine rings is 1. The SMILES string of the molecule is CCCOC1CCCN(C(=O)c2c(Cl)cnn2CC)C1. The van der Waals surface area contributed by atoms with Crippen LogP contribution in [0.4, 0.5) is 0 Å². The molecule has 5 nitrogen and oxygen atoms in total. The Hall–Kier alpha value is -1.07. The zero-order valence-corrected chi connectivity index (χ0v) is 12.9. The van der Waals surface area contributed by atoms with Crippen molar-refractivity contribution in [3.05, 3.63) is 16.9 Å². The largest absolute Gasteiger partial charge is 0.376 e. The first kappa shape index (κ1) is 15.3. The minimum atomic E-state index is -0.0425. The molecular formula is C14H22ClN3O2. The summed E-state index contributed by atoms with van der Waals surface area (Å²) in [7, 11) is 0. The van der Waals surface area contributed by atoms with Gasteiger partial charge >= 0.3 is 0 Å². The predicted octanol–water partition coefficient (Wildman–Crippen LogP) is 2.59. The van der Waals surface area contributed by atoms with Gasteiger partial charge in [-0.05, 0) is 26.2 Å². The second kappa shape index (κ2) is 7.09. The lowest BCUT2D eigenvalue weighted by atomic mass is 10.1. The van der Waals surface area contributed by atoms with E-state index in [1.807, 2.05) is 11.8 Å². The van der Waals surface area contributed by atoms with Crippen LogP contribution in [0.25, 0.3) is 0 Å². The van der Waals surface area contributed by atoms with Crippen LogP contribution in [0.1, 0.15) is 43.6 Å². The number of aromatic nitrogens is 2. The first-order valence-corrected chi connectivity index (χ1v) is 7.67. The van der Waals surface area contributed by atoms with Gasteiger partial charge in [-0.2, -0.15) is 5.10 Å². The number of hydrogen-bond donors (Lipinski definition) is 0. The topological polar surface area (TPSA) is 47.4 Å². The maximum atomic E-state index is 12.6. The van der Waals surface area contributed by atoms with Crippen molar-refractivity contribution in [1.82, 2.24) is 14.7 Å². The molecule has 1 saturated heterocycles. The molecule has 0 spiro atoms. The van der Waals surface area contributed by atoms with Crippen LogP contribution >= 0.6 is 11.6 Å². The molecule has 0 saturated carbocycles. The number of aryl methyl sites for hydroxylation is 1. The molecule has 0 bridgehead atoms. The summed E-state index contributed by atoms with van der Waals surface area (Å²) in [5.74, 6) is -0.0425. The van der Waals surface area contributed by atoms with Gasteiger partial charge in [-0.25, -0.2) is 0 Å². The molecule has 6 heteroatoms. The molecule has 1 fully saturated rings. The van der Waals surface area contributed by atoms with E-state index in [-0.39, 0.29) is 12.0 Å². The summed E-state index contributed by atoms with van der Waals surface area (Å²) < 4.78 is 7.42. The molecule has 0 N–H and O–H groups in total. The van der Waals surface area contributed by atoms with Gasteiger partial charge in [0.2, 0.25) is 0 Å². The van der Waals surface area contributed by atoms with Crippen molar-refractivity contribution >= 4 is 17.5 Å². The summed E-state index contributed by atoms with van der Waals surface area (Å²) in [4.78, 5) is 14.4. The number of amides is 1. The second-order valence-electron chi connectivity index (χ2n) is 5.04. The second-order valence-corrected chi connectivity index (χ2v) is 5.45. The van der Waals surface area contributed by atoms with E-state index in [1.54, 1.807) is 4.68 Å². The maximum absolute atomic E-state index is 12.6. The van der Waals surface area contributed by atoms with Crippen LogP contribution in [-0.4, -0.2) is 46.4 Å². The number of rotatable bonds is 5. The smallest absolute Gasteiger partial charge is 0.273 e. The van der Waals surface area contributed by atoms with Crippen molar-refractivity contribution in [1.29, 1.82) is 0 Å². The summed E-state index contributed by atoms with van der Waals surface area (Å²) in [5.41, 5.74) is 0.491. The van der Waals surface area contributed by atoms with Crippen molar-refractivity contribution in [2.75, 3.05) is 19.7 Å². The van der Waals surface area contributed by atoms with Crippen LogP contribution < -0.4 is 0 Å². The highest BCUT2D eigenvalue weighted by molar-refractivity contribution is 6.33. The molecule has 1 aromatic rings. The first-order chi connectivity index (χ1) is 9.67. The van der Waals surface area contributed by atoms with E-state index in [9.17, 15) is 4.79 Å². The Bertz CT molecular complexity index is 461. The van der Waals surface area contributed by atoms with Gasteiger partial charge in [-0.1, -0.05) is 18.5 Å². The van der Waals surface area contributed by atoms with Crippen molar-refractivity contribution in [2.24, 2.45) is 0 Å². The summed E-state index contributed by atoms with van der Waals surface area (Å²) >= 11 is 6.10. The summed E-state index contributed by atoms with van der Waals surface area (Å²) in [6, 6.07) is 0. The van der Waals surface area contributed by atoms with Crippen LogP contribution in [0.15, 0.2) is 6.20 Å². The van der Waals surface area contributed by atoms with E-state index < -0.39 is 0 Å². The Kier molecular flexibility index (Phi) is 5.43. The fraction of sp³-hybridized carbons (Fsp3) is 0.714. The molecule has 1 unspecified atom stereocenters. The Morgan fingerprint density at radius 3 is 3.05 bits per heavy atom. The summed E-state index contributed by atoms with van der Waals surface area (Å²) in [6.07, 6.45) is 4.67. The quantitative estimate of drug-likeness (QED) is 0.839. The number of carbonyl (C=O) groups is 1. The third-order valence-corrected chi connectivity index (χ3v) is 3.80. The van der Waals surface area contributed by atoms with Gasteiger partial charge in [0.1, 0.15) is 5.69 Å². The lowest BCUT2D eigenvalue weighted by Gasteiger charge is -2.32. The van der Waals surface area contributed by atoms with Crippen molar-refractivity contribution in [2.45, 2.75) is 45.8 Å². The molecular weight excluding hydrogens is 278 g/mol. The van der Waals surface area contributed by atoms with Gasteiger partial charge in [0.25, 0.3) is 5.91 Å². The minimum absolute atomic E-state index is 0.0425. The van der Waals surface area contributed by atoms with Crippen LogP contribution in [0.3, 0.4) is 0 Å². The van der Waals surface area contributed by atoms with Gasteiger partial charge in [-0.3, -0.25) is 9.48 Å². The van der Waals surface area contributed by atoms with Crippen molar-refractivity contribution in [3.63, 3.8) is 0 Å². The minimum Gasteiger partial charge on any atom is -0.376 e. The van der Waals surface area contributed by atoms with E-state index >= 15 is 0 Å². The lowest BCUT2D eigenvalue weighted by molar-refractivity contribution is 0.00173. The molecule has 0 radical (unpaired) electrons. The zero-order valence-electron chi connectivity index (χ0n) is 12.1. The number of likely N-dealkylation sites (tertiary alicyclic amines) is 1. The zero-order chi connectivity index (χ0) is 14.5. The highest BCUT2D eigenvalue weighted by Crippen LogP contribution is 2.21. The van der Waals surface area contributed by atoms with E-state index in [0.717, 1.165) is 32.4 Å². The Morgan fingerprint density at radius 1 is 1.55 bits per heavy atom. The molecule has 2 rings (SSSR count). The molecule has 20 heavy (non-hydrogen) atoms. The van der Waals surface area contributed by atoms with Crippen molar-refractivity contribution in [3.8, 4) is 0 Å². The summed E-state index contributed by atoms with van der Waals surface area (Å²) in [6.45, 7) is 6.83. The Balaban J connectivity index is 2.06. The van der Waals surface area contributed by atoms with E-state index in [4.69, 9.17) is 16.3 Å². The molecule has 112 valence electrons. The summed E-state index contributed by atoms with van der Waals surface area (Å²) in [5, 5.41) is 4.55. The van der Waals surface area contributed by atoms with Gasteiger partial charge in [0.05, 0.1) is 17.3 Å². The number of hydrogen-bond acceptors (Lipinski definition) is 3. The molecule has 1 aliphatic rings. The van der Waals surface area contributed by atoms with Crippen LogP contribution in [-0.2, 0) is 11.3 Å². The van der Waals surface area contributed by atoms with E-state index in [0.29, 0.717) is 23.8 Å². The van der Waals surface area contributed by atoms with Crippen LogP contribution in [0.5, 0.6) is 0 Å². The third kappa shape index (κ3) is 3.33. The lowest BCUT2D eigenvalue weighted by Crippen LogP contribution is -2.44. The average Bonchev–Trinajstić information content (AvgIpc) is 2.85. The van der Waals surface area contributed by atoms with Gasteiger partial charge in [0.15, 0.2) is 0 Å². The molecule has 1 aromatic heterocycles. The fourth-order valence-electron chi connectivity index (χ4n) is 2.51. The third-order valence-electron chi connectivity index (χ3n) is 3.52. The Morgan fingerprint density at radius 2 is 2.35 bits per heavy atom. The maximum Gasteiger partial charge on any atom is 0.273 e. The normalized spacial score (nSPS) is 19.4. The van der Waals surface area contributed by atoms with Crippen LogP contribution in [0.2, 0.25) is 5.02 Å². The van der Waals surface area contributed by atoms with Gasteiger partial charge < -0.3 is 9.64 Å². The molecule has 2 heterocycles. The van der Waals surface area contributed by atoms with Gasteiger partial charge in [0, 0.05) is 26.2 Å². The number of nitrogens with zero attached hydrogens (tertiary/aromatic N) is 3. The standard InChI is InChI=1S/C14H22ClN3O2/c1-3-8-20-11-6-5-7-17(10-11)14(19)13-12(15)9-16-18(13)4-2/h9,11H,3-8,10H2,1-2H3. The van der Waals surface area contributed by atoms with Gasteiger partial charge in [-0.15, -0.1) is 0 Å². The van der Waals surface area contributed by atoms with E-state index in [2.05, 4.69) is 12.0 Å². The highest BCUT2D eigenvalue weighted by Gasteiger charge is 2.28. The highest BCUT2D eigenvalue weighted by atomic mass is 35.5. The first-order valence-electron chi connectivity index (χ1n) is 7.29. The number of halogens is 1. The van der Waals surface area contributed by atoms with Crippen molar-refractivity contribution < 1.29 is 9.53 Å². The average molecular weight is 300 g/mol. The molecule has 1 atom stereocenters. The molecule has 1 amide bonds. The monoisotopic (exact) mass is 299 g/mol. The number of carbonyl (C=O) groups excluding carboxylic acids is 1. The molecule has 0 aromatic carbocycles. The van der Waals surface area contributed by atoms with E-state index in [1.165, 1.54) is 6.20 Å². The fourth-order valence-corrected chi connectivity index (χ4v) is 2.73. The molecule has 0 aliphatic carbocycles. The Labute approximate surface area is 124 Å². The van der Waals surface area contributed by atoms with Crippen LogP contribution in [0, 0.1) is 0 Å². The molecule has 1 aliphatic heterocycles. The number of ether oxygens (including phenoxy) is 1.